The molecule has 12 aromatic carbocycles. The van der Waals surface area contributed by atoms with Crippen molar-refractivity contribution in [3.63, 3.8) is 0 Å². The number of aromatic nitrogens is 6. The Bertz CT molecular complexity index is 5390. The van der Waals surface area contributed by atoms with E-state index in [0.29, 0.717) is 5.95 Å². The first-order valence-corrected chi connectivity index (χ1v) is 28.0. The summed E-state index contributed by atoms with van der Waals surface area (Å²) in [5, 5.41) is 9.62. The van der Waals surface area contributed by atoms with Crippen LogP contribution >= 0.6 is 0 Å². The van der Waals surface area contributed by atoms with Crippen molar-refractivity contribution in [2.24, 2.45) is 0 Å². The van der Waals surface area contributed by atoms with Crippen molar-refractivity contribution < 1.29 is 0 Å². The molecule has 6 heteroatoms. The first-order chi connectivity index (χ1) is 40.7. The number of rotatable bonds is 8. The lowest BCUT2D eigenvalue weighted by molar-refractivity contribution is 0.995. The van der Waals surface area contributed by atoms with E-state index in [4.69, 9.17) is 9.97 Å². The molecule has 0 bridgehead atoms. The van der Waals surface area contributed by atoms with E-state index in [1.807, 2.05) is 0 Å². The van der Waals surface area contributed by atoms with Crippen molar-refractivity contribution in [1.29, 1.82) is 0 Å². The molecule has 0 aliphatic carbocycles. The van der Waals surface area contributed by atoms with Crippen LogP contribution in [0.5, 0.6) is 0 Å². The molecule has 0 aliphatic rings. The van der Waals surface area contributed by atoms with Crippen molar-refractivity contribution in [2.45, 2.75) is 0 Å². The molecule has 0 amide bonds. The molecule has 0 saturated heterocycles. The van der Waals surface area contributed by atoms with Crippen LogP contribution in [0.25, 0.3) is 155 Å². The minimum absolute atomic E-state index is 0.608. The van der Waals surface area contributed by atoms with Gasteiger partial charge in [0.1, 0.15) is 0 Å². The quantitative estimate of drug-likeness (QED) is 0.152. The Morgan fingerprint density at radius 2 is 0.524 bits per heavy atom. The van der Waals surface area contributed by atoms with Crippen LogP contribution in [0, 0.1) is 0 Å². The van der Waals surface area contributed by atoms with Gasteiger partial charge in [0.05, 0.1) is 55.5 Å². The topological polar surface area (TPSA) is 45.5 Å². The van der Waals surface area contributed by atoms with Crippen molar-refractivity contribution >= 4 is 87.2 Å². The molecule has 82 heavy (non-hydrogen) atoms. The molecular formula is C76H48N6. The van der Waals surface area contributed by atoms with Crippen LogP contribution in [0.3, 0.4) is 0 Å². The lowest BCUT2D eigenvalue weighted by atomic mass is 10.0. The molecule has 6 nitrogen and oxygen atoms in total. The van der Waals surface area contributed by atoms with Crippen molar-refractivity contribution in [1.82, 2.24) is 28.2 Å². The molecule has 0 unspecified atom stereocenters. The molecule has 0 spiro atoms. The molecule has 5 heterocycles. The van der Waals surface area contributed by atoms with Gasteiger partial charge in [-0.05, 0) is 125 Å². The van der Waals surface area contributed by atoms with Gasteiger partial charge in [0.2, 0.25) is 5.95 Å². The van der Waals surface area contributed by atoms with Gasteiger partial charge in [0, 0.05) is 71.3 Å². The summed E-state index contributed by atoms with van der Waals surface area (Å²) in [5.74, 6) is 0.608. The van der Waals surface area contributed by atoms with Gasteiger partial charge in [0.15, 0.2) is 0 Å². The van der Waals surface area contributed by atoms with Gasteiger partial charge in [-0.15, -0.1) is 0 Å². The molecule has 0 atom stereocenters. The fraction of sp³-hybridized carbons (Fsp3) is 0. The normalized spacial score (nSPS) is 11.9. The molecular weight excluding hydrogens is 997 g/mol. The van der Waals surface area contributed by atoms with Crippen LogP contribution in [-0.2, 0) is 0 Å². The van der Waals surface area contributed by atoms with E-state index in [1.165, 1.54) is 65.5 Å². The van der Waals surface area contributed by atoms with Crippen molar-refractivity contribution in [3.8, 4) is 67.8 Å². The number of hydrogen-bond acceptors (Lipinski definition) is 2. The van der Waals surface area contributed by atoms with Crippen LogP contribution in [0.15, 0.2) is 291 Å². The van der Waals surface area contributed by atoms with E-state index >= 15 is 0 Å². The number of nitrogens with zero attached hydrogens (tertiary/aromatic N) is 6. The van der Waals surface area contributed by atoms with Crippen LogP contribution < -0.4 is 0 Å². The summed E-state index contributed by atoms with van der Waals surface area (Å²) >= 11 is 0. The van der Waals surface area contributed by atoms with E-state index in [2.05, 4.69) is 309 Å². The Morgan fingerprint density at radius 1 is 0.183 bits per heavy atom. The predicted octanol–water partition coefficient (Wildman–Crippen LogP) is 19.5. The second kappa shape index (κ2) is 18.2. The molecule has 0 fully saturated rings. The molecule has 17 aromatic rings. The standard InChI is InChI=1S/C76H48N6/c1-4-19-49(20-5-1)66-48-67(78-76(77-66)82-71-34-17-11-28-59(71)63-40-36-53(47-75(63)82)52-35-39-62-58-27-10-14-31-68(58)80(74(62)46-52)56-24-8-3-9-25-56)54-21-18-26-57(43-54)81-70-33-16-13-30-61(70)65-45-51(38-42-73(65)81)50-37-41-72-64(44-50)60-29-12-15-32-69(60)79(72)55-22-6-2-7-23-55/h1-48H. The first kappa shape index (κ1) is 45.9. The summed E-state index contributed by atoms with van der Waals surface area (Å²) < 4.78 is 9.42. The minimum atomic E-state index is 0.608. The molecule has 0 radical (unpaired) electrons. The molecule has 0 saturated carbocycles. The third-order valence-electron chi connectivity index (χ3n) is 16.8. The summed E-state index contributed by atoms with van der Waals surface area (Å²) in [7, 11) is 0. The highest BCUT2D eigenvalue weighted by Crippen LogP contribution is 2.42. The average Bonchev–Trinajstić information content (AvgIpc) is 4.22. The second-order valence-corrected chi connectivity index (χ2v) is 21.4. The number of hydrogen-bond donors (Lipinski definition) is 0. The van der Waals surface area contributed by atoms with Crippen LogP contribution in [0.1, 0.15) is 0 Å². The number of para-hydroxylation sites is 6. The number of benzene rings is 12. The molecule has 5 aromatic heterocycles. The zero-order chi connectivity index (χ0) is 53.8. The van der Waals surface area contributed by atoms with Gasteiger partial charge in [-0.2, -0.15) is 0 Å². The summed E-state index contributed by atoms with van der Waals surface area (Å²) in [6.45, 7) is 0. The lowest BCUT2D eigenvalue weighted by Gasteiger charge is -2.14. The monoisotopic (exact) mass is 1040 g/mol. The smallest absolute Gasteiger partial charge is 0.235 e. The van der Waals surface area contributed by atoms with E-state index < -0.39 is 0 Å². The molecule has 382 valence electrons. The highest BCUT2D eigenvalue weighted by molar-refractivity contribution is 6.14. The molecule has 0 N–H and O–H groups in total. The van der Waals surface area contributed by atoms with Crippen molar-refractivity contribution in [2.75, 3.05) is 0 Å². The summed E-state index contributed by atoms with van der Waals surface area (Å²) in [6.07, 6.45) is 0. The van der Waals surface area contributed by atoms with Gasteiger partial charge in [-0.3, -0.25) is 4.57 Å². The summed E-state index contributed by atoms with van der Waals surface area (Å²) in [6, 6.07) is 105. The highest BCUT2D eigenvalue weighted by Gasteiger charge is 2.21. The van der Waals surface area contributed by atoms with E-state index in [9.17, 15) is 0 Å². The Balaban J connectivity index is 0.805. The summed E-state index contributed by atoms with van der Waals surface area (Å²) in [4.78, 5) is 11.0. The molecule has 17 rings (SSSR count). The maximum absolute atomic E-state index is 5.57. The Labute approximate surface area is 471 Å². The largest absolute Gasteiger partial charge is 0.309 e. The van der Waals surface area contributed by atoms with Crippen LogP contribution in [0.4, 0.5) is 0 Å². The van der Waals surface area contributed by atoms with Crippen LogP contribution in [-0.4, -0.2) is 28.2 Å². The highest BCUT2D eigenvalue weighted by atomic mass is 15.2. The van der Waals surface area contributed by atoms with Gasteiger partial charge in [0.25, 0.3) is 0 Å². The zero-order valence-corrected chi connectivity index (χ0v) is 44.4. The number of fused-ring (bicyclic) bond motifs is 12. The molecule has 0 aliphatic heterocycles. The first-order valence-electron chi connectivity index (χ1n) is 28.0. The summed E-state index contributed by atoms with van der Waals surface area (Å²) in [5.41, 5.74) is 20.8. The Morgan fingerprint density at radius 3 is 1.05 bits per heavy atom. The third-order valence-corrected chi connectivity index (χ3v) is 16.8. The fourth-order valence-corrected chi connectivity index (χ4v) is 13.1. The Kier molecular flexibility index (Phi) is 10.2. The maximum Gasteiger partial charge on any atom is 0.235 e. The zero-order valence-electron chi connectivity index (χ0n) is 44.4. The van der Waals surface area contributed by atoms with Gasteiger partial charge in [-0.1, -0.05) is 188 Å². The van der Waals surface area contributed by atoms with Crippen molar-refractivity contribution in [3.05, 3.63) is 291 Å². The van der Waals surface area contributed by atoms with E-state index in [1.54, 1.807) is 0 Å². The maximum atomic E-state index is 5.57. The van der Waals surface area contributed by atoms with E-state index in [-0.39, 0.29) is 0 Å². The second-order valence-electron chi connectivity index (χ2n) is 21.4. The average molecular weight is 1050 g/mol. The predicted molar refractivity (Wildman–Crippen MR) is 341 cm³/mol. The fourth-order valence-electron chi connectivity index (χ4n) is 13.1. The van der Waals surface area contributed by atoms with Gasteiger partial charge < -0.3 is 13.7 Å². The van der Waals surface area contributed by atoms with Crippen LogP contribution in [0.2, 0.25) is 0 Å². The van der Waals surface area contributed by atoms with E-state index in [0.717, 1.165) is 83.5 Å². The van der Waals surface area contributed by atoms with Gasteiger partial charge >= 0.3 is 0 Å². The SMILES string of the molecule is c1ccc(-c2cc(-c3cccc(-n4c5ccccc5c5cc(-c6ccc7c(c6)c6ccccc6n7-c6ccccc6)ccc54)c3)nc(-n3c4ccccc4c4ccc(-c5ccc6c7ccccc7n(-c7ccccc7)c6c5)cc43)n2)cc1. The Hall–Kier alpha value is -11.1. The third kappa shape index (κ3) is 7.15. The minimum Gasteiger partial charge on any atom is -0.309 e. The van der Waals surface area contributed by atoms with Gasteiger partial charge in [-0.25, -0.2) is 9.97 Å². The lowest BCUT2D eigenvalue weighted by Crippen LogP contribution is -2.04.